The first-order valence-electron chi connectivity index (χ1n) is 6.03. The van der Waals surface area contributed by atoms with Gasteiger partial charge in [0.25, 0.3) is 0 Å². The minimum Gasteiger partial charge on any atom is -0.458 e. The van der Waals surface area contributed by atoms with E-state index in [2.05, 4.69) is 0 Å². The summed E-state index contributed by atoms with van der Waals surface area (Å²) in [6.07, 6.45) is 7.29. The first-order valence-corrected chi connectivity index (χ1v) is 6.03. The van der Waals surface area contributed by atoms with Crippen molar-refractivity contribution in [1.29, 1.82) is 0 Å². The zero-order valence-corrected chi connectivity index (χ0v) is 10.5. The van der Waals surface area contributed by atoms with Crippen LogP contribution in [0.15, 0.2) is 12.2 Å². The van der Waals surface area contributed by atoms with Crippen molar-refractivity contribution in [2.75, 3.05) is 6.61 Å². The Bertz CT molecular complexity index is 296. The number of Topliss-reactive ketones (excluding diaryl/α,β-unsaturated/α-hetero) is 1. The van der Waals surface area contributed by atoms with Gasteiger partial charge >= 0.3 is 5.97 Å². The maximum Gasteiger partial charge on any atom is 0.303 e. The summed E-state index contributed by atoms with van der Waals surface area (Å²) in [5.74, 6) is -0.196. The number of ether oxygens (including phenoxy) is 2. The van der Waals surface area contributed by atoms with E-state index in [1.807, 2.05) is 12.2 Å². The van der Waals surface area contributed by atoms with Crippen LogP contribution in [0.2, 0.25) is 0 Å². The number of ketones is 1. The molecule has 2 atom stereocenters. The lowest BCUT2D eigenvalue weighted by Gasteiger charge is -2.20. The zero-order chi connectivity index (χ0) is 12.7. The highest BCUT2D eigenvalue weighted by Crippen LogP contribution is 2.17. The van der Waals surface area contributed by atoms with E-state index < -0.39 is 0 Å². The molecule has 2 unspecified atom stereocenters. The Hall–Kier alpha value is -1.16. The van der Waals surface area contributed by atoms with E-state index in [9.17, 15) is 9.59 Å². The van der Waals surface area contributed by atoms with Crippen LogP contribution in [0.25, 0.3) is 0 Å². The molecule has 0 aliphatic heterocycles. The van der Waals surface area contributed by atoms with Crippen LogP contribution in [0.5, 0.6) is 0 Å². The van der Waals surface area contributed by atoms with Crippen LogP contribution in [0.1, 0.15) is 39.5 Å². The van der Waals surface area contributed by atoms with Crippen LogP contribution in [0, 0.1) is 0 Å². The Morgan fingerprint density at radius 3 is 2.71 bits per heavy atom. The van der Waals surface area contributed by atoms with Crippen LogP contribution in [0.4, 0.5) is 0 Å². The van der Waals surface area contributed by atoms with Gasteiger partial charge in [0, 0.05) is 6.92 Å². The number of hydrogen-bond donors (Lipinski definition) is 0. The summed E-state index contributed by atoms with van der Waals surface area (Å²) < 4.78 is 10.6. The Labute approximate surface area is 102 Å². The Kier molecular flexibility index (Phi) is 5.91. The molecule has 1 aliphatic rings. The van der Waals surface area contributed by atoms with Crippen LogP contribution >= 0.6 is 0 Å². The van der Waals surface area contributed by atoms with E-state index in [1.54, 1.807) is 0 Å². The van der Waals surface area contributed by atoms with Crippen LogP contribution in [-0.2, 0) is 19.1 Å². The molecule has 0 saturated carbocycles. The van der Waals surface area contributed by atoms with Gasteiger partial charge in [-0.05, 0) is 38.7 Å². The third kappa shape index (κ3) is 6.22. The molecular formula is C13H20O4. The predicted molar refractivity (Wildman–Crippen MR) is 63.6 cm³/mol. The first kappa shape index (κ1) is 13.9. The Balaban J connectivity index is 2.37. The molecule has 96 valence electrons. The minimum atomic E-state index is -0.246. The van der Waals surface area contributed by atoms with Crippen LogP contribution in [0.3, 0.4) is 0 Å². The van der Waals surface area contributed by atoms with Crippen molar-refractivity contribution >= 4 is 11.8 Å². The monoisotopic (exact) mass is 240 g/mol. The lowest BCUT2D eigenvalue weighted by atomic mass is 10.0. The third-order valence-corrected chi connectivity index (χ3v) is 2.60. The van der Waals surface area contributed by atoms with Crippen molar-refractivity contribution in [3.63, 3.8) is 0 Å². The van der Waals surface area contributed by atoms with E-state index in [-0.39, 0.29) is 30.6 Å². The molecule has 4 nitrogen and oxygen atoms in total. The van der Waals surface area contributed by atoms with Gasteiger partial charge in [0.1, 0.15) is 12.7 Å². The van der Waals surface area contributed by atoms with Gasteiger partial charge in [-0.25, -0.2) is 0 Å². The normalized spacial score (nSPS) is 26.7. The standard InChI is InChI=1S/C13H20O4/c1-10(14)9-16-12-5-3-7-13(8-4-6-12)17-11(2)15/h3,7,12-13H,4-6,8-9H2,1-2H3/b7-3+. The molecule has 0 aromatic carbocycles. The highest BCUT2D eigenvalue weighted by molar-refractivity contribution is 5.76. The fourth-order valence-corrected chi connectivity index (χ4v) is 1.84. The molecule has 0 bridgehead atoms. The van der Waals surface area contributed by atoms with Gasteiger partial charge in [-0.3, -0.25) is 9.59 Å². The topological polar surface area (TPSA) is 52.6 Å². The lowest BCUT2D eigenvalue weighted by Crippen LogP contribution is -2.21. The van der Waals surface area contributed by atoms with Crippen molar-refractivity contribution in [3.8, 4) is 0 Å². The molecule has 0 aromatic rings. The van der Waals surface area contributed by atoms with Crippen molar-refractivity contribution < 1.29 is 19.1 Å². The van der Waals surface area contributed by atoms with Crippen molar-refractivity contribution in [1.82, 2.24) is 0 Å². The van der Waals surface area contributed by atoms with E-state index in [4.69, 9.17) is 9.47 Å². The maximum atomic E-state index is 10.8. The minimum absolute atomic E-state index is 0.0498. The summed E-state index contributed by atoms with van der Waals surface area (Å²) in [6, 6.07) is 0. The molecular weight excluding hydrogens is 220 g/mol. The highest BCUT2D eigenvalue weighted by Gasteiger charge is 2.15. The zero-order valence-electron chi connectivity index (χ0n) is 10.5. The molecule has 0 heterocycles. The summed E-state index contributed by atoms with van der Waals surface area (Å²) >= 11 is 0. The molecule has 17 heavy (non-hydrogen) atoms. The Morgan fingerprint density at radius 2 is 2.06 bits per heavy atom. The Morgan fingerprint density at radius 1 is 1.29 bits per heavy atom. The molecule has 0 spiro atoms. The second-order valence-electron chi connectivity index (χ2n) is 4.38. The van der Waals surface area contributed by atoms with E-state index in [1.165, 1.54) is 13.8 Å². The molecule has 0 N–H and O–H groups in total. The summed E-state index contributed by atoms with van der Waals surface area (Å²) in [6.45, 7) is 3.13. The number of carbonyl (C=O) groups excluding carboxylic acids is 2. The fourth-order valence-electron chi connectivity index (χ4n) is 1.84. The van der Waals surface area contributed by atoms with Gasteiger partial charge in [-0.15, -0.1) is 0 Å². The SMILES string of the molecule is CC(=O)COC1C/C=C/C(OC(C)=O)CCC1. The largest absolute Gasteiger partial charge is 0.458 e. The van der Waals surface area contributed by atoms with Gasteiger partial charge in [0.05, 0.1) is 6.10 Å². The second kappa shape index (κ2) is 7.22. The number of rotatable bonds is 4. The first-order chi connectivity index (χ1) is 8.08. The molecule has 0 fully saturated rings. The summed E-state index contributed by atoms with van der Waals surface area (Å²) in [5.41, 5.74) is 0. The molecule has 1 aliphatic carbocycles. The lowest BCUT2D eigenvalue weighted by molar-refractivity contribution is -0.144. The van der Waals surface area contributed by atoms with Crippen LogP contribution < -0.4 is 0 Å². The highest BCUT2D eigenvalue weighted by atomic mass is 16.5. The number of esters is 1. The molecule has 0 aromatic heterocycles. The van der Waals surface area contributed by atoms with Gasteiger partial charge in [-0.2, -0.15) is 0 Å². The van der Waals surface area contributed by atoms with E-state index in [0.29, 0.717) is 0 Å². The van der Waals surface area contributed by atoms with Gasteiger partial charge in [0.2, 0.25) is 0 Å². The van der Waals surface area contributed by atoms with Crippen molar-refractivity contribution in [2.45, 2.75) is 51.7 Å². The molecule has 0 radical (unpaired) electrons. The summed E-state index contributed by atoms with van der Waals surface area (Å²) in [5, 5.41) is 0. The van der Waals surface area contributed by atoms with Crippen molar-refractivity contribution in [3.05, 3.63) is 12.2 Å². The quantitative estimate of drug-likeness (QED) is 0.557. The summed E-state index contributed by atoms with van der Waals surface area (Å²) in [4.78, 5) is 21.6. The average molecular weight is 240 g/mol. The van der Waals surface area contributed by atoms with Gasteiger partial charge in [0.15, 0.2) is 5.78 Å². The molecule has 4 heteroatoms. The smallest absolute Gasteiger partial charge is 0.303 e. The number of hydrogen-bond acceptors (Lipinski definition) is 4. The van der Waals surface area contributed by atoms with E-state index in [0.717, 1.165) is 25.7 Å². The number of carbonyl (C=O) groups is 2. The third-order valence-electron chi connectivity index (χ3n) is 2.60. The average Bonchev–Trinajstić information content (AvgIpc) is 2.19. The van der Waals surface area contributed by atoms with E-state index >= 15 is 0 Å². The predicted octanol–water partition coefficient (Wildman–Crippen LogP) is 2.02. The van der Waals surface area contributed by atoms with Gasteiger partial charge in [-0.1, -0.05) is 6.08 Å². The van der Waals surface area contributed by atoms with Gasteiger partial charge < -0.3 is 9.47 Å². The van der Waals surface area contributed by atoms with Crippen molar-refractivity contribution in [2.24, 2.45) is 0 Å². The summed E-state index contributed by atoms with van der Waals surface area (Å²) in [7, 11) is 0. The molecule has 1 rings (SSSR count). The second-order valence-corrected chi connectivity index (χ2v) is 4.38. The molecule has 0 amide bonds. The van der Waals surface area contributed by atoms with Crippen LogP contribution in [-0.4, -0.2) is 30.6 Å². The molecule has 0 saturated heterocycles. The fraction of sp³-hybridized carbons (Fsp3) is 0.692. The maximum absolute atomic E-state index is 10.8.